The fraction of sp³-hybridized carbons (Fsp3) is 0.0417. The van der Waals surface area contributed by atoms with Gasteiger partial charge in [-0.3, -0.25) is 4.79 Å². The lowest BCUT2D eigenvalue weighted by atomic mass is 10.1. The summed E-state index contributed by atoms with van der Waals surface area (Å²) in [5.74, 6) is -0.454. The first kappa shape index (κ1) is 21.5. The SMILES string of the molecule is O=C(c1ccccc1)N(c1ccc(C(F)(F)F)cc1)c1nccc(-c2cccc(Cl)c2)n1. The number of aromatic nitrogens is 2. The van der Waals surface area contributed by atoms with Crippen LogP contribution in [-0.4, -0.2) is 15.9 Å². The molecule has 0 radical (unpaired) electrons. The van der Waals surface area contributed by atoms with Gasteiger partial charge in [-0.05, 0) is 54.6 Å². The van der Waals surface area contributed by atoms with Gasteiger partial charge in [0, 0.05) is 22.3 Å². The van der Waals surface area contributed by atoms with Crippen LogP contribution in [0.15, 0.2) is 91.1 Å². The lowest BCUT2D eigenvalue weighted by molar-refractivity contribution is -0.137. The van der Waals surface area contributed by atoms with E-state index in [4.69, 9.17) is 11.6 Å². The highest BCUT2D eigenvalue weighted by molar-refractivity contribution is 6.30. The van der Waals surface area contributed by atoms with E-state index in [1.165, 1.54) is 23.2 Å². The Morgan fingerprint density at radius 1 is 0.875 bits per heavy atom. The van der Waals surface area contributed by atoms with Crippen molar-refractivity contribution in [3.63, 3.8) is 0 Å². The minimum absolute atomic E-state index is 0.0242. The van der Waals surface area contributed by atoms with Gasteiger partial charge in [-0.15, -0.1) is 0 Å². The topological polar surface area (TPSA) is 46.1 Å². The van der Waals surface area contributed by atoms with Gasteiger partial charge in [0.25, 0.3) is 5.91 Å². The average molecular weight is 454 g/mol. The average Bonchev–Trinajstić information content (AvgIpc) is 2.80. The minimum atomic E-state index is -4.49. The predicted octanol–water partition coefficient (Wildman–Crippen LogP) is 6.79. The van der Waals surface area contributed by atoms with E-state index in [-0.39, 0.29) is 11.6 Å². The number of hydrogen-bond donors (Lipinski definition) is 0. The predicted molar refractivity (Wildman–Crippen MR) is 117 cm³/mol. The Morgan fingerprint density at radius 3 is 2.25 bits per heavy atom. The van der Waals surface area contributed by atoms with E-state index in [2.05, 4.69) is 9.97 Å². The van der Waals surface area contributed by atoms with Crippen LogP contribution in [0.1, 0.15) is 15.9 Å². The number of carbonyl (C=O) groups is 1. The van der Waals surface area contributed by atoms with Crippen LogP contribution in [0.25, 0.3) is 11.3 Å². The second-order valence-electron chi connectivity index (χ2n) is 6.80. The summed E-state index contributed by atoms with van der Waals surface area (Å²) in [6.07, 6.45) is -3.01. The number of anilines is 2. The van der Waals surface area contributed by atoms with E-state index >= 15 is 0 Å². The first-order chi connectivity index (χ1) is 15.3. The van der Waals surface area contributed by atoms with Crippen molar-refractivity contribution in [2.45, 2.75) is 6.18 Å². The molecule has 0 saturated carbocycles. The highest BCUT2D eigenvalue weighted by Crippen LogP contribution is 2.33. The van der Waals surface area contributed by atoms with Crippen molar-refractivity contribution in [3.8, 4) is 11.3 Å². The molecule has 4 rings (SSSR count). The van der Waals surface area contributed by atoms with Crippen LogP contribution in [0.4, 0.5) is 24.8 Å². The molecule has 1 aromatic heterocycles. The molecule has 0 unspecified atom stereocenters. The summed E-state index contributed by atoms with van der Waals surface area (Å²) in [7, 11) is 0. The van der Waals surface area contributed by atoms with Gasteiger partial charge in [-0.25, -0.2) is 14.9 Å². The zero-order chi connectivity index (χ0) is 22.7. The molecule has 32 heavy (non-hydrogen) atoms. The zero-order valence-electron chi connectivity index (χ0n) is 16.4. The van der Waals surface area contributed by atoms with E-state index in [1.54, 1.807) is 60.7 Å². The van der Waals surface area contributed by atoms with Crippen LogP contribution in [0.5, 0.6) is 0 Å². The van der Waals surface area contributed by atoms with E-state index in [9.17, 15) is 18.0 Å². The standard InChI is InChI=1S/C24H15ClF3N3O/c25-19-8-4-7-17(15-19)21-13-14-29-23(30-21)31(22(32)16-5-2-1-3-6-16)20-11-9-18(10-12-20)24(26,27)28/h1-15H. The molecule has 0 fully saturated rings. The number of alkyl halides is 3. The molecule has 0 spiro atoms. The maximum atomic E-state index is 13.3. The molecule has 0 bridgehead atoms. The Morgan fingerprint density at radius 2 is 1.59 bits per heavy atom. The number of benzene rings is 3. The first-order valence-electron chi connectivity index (χ1n) is 9.49. The van der Waals surface area contributed by atoms with Gasteiger partial charge in [0.2, 0.25) is 5.95 Å². The van der Waals surface area contributed by atoms with Gasteiger partial charge in [0.1, 0.15) is 0 Å². The fourth-order valence-corrected chi connectivity index (χ4v) is 3.29. The van der Waals surface area contributed by atoms with Crippen LogP contribution in [0, 0.1) is 0 Å². The molecule has 0 N–H and O–H groups in total. The van der Waals surface area contributed by atoms with E-state index in [0.717, 1.165) is 12.1 Å². The number of nitrogens with zero attached hydrogens (tertiary/aromatic N) is 3. The highest BCUT2D eigenvalue weighted by atomic mass is 35.5. The Kier molecular flexibility index (Phi) is 5.92. The van der Waals surface area contributed by atoms with Gasteiger partial charge >= 0.3 is 6.18 Å². The molecule has 3 aromatic carbocycles. The third-order valence-electron chi connectivity index (χ3n) is 4.64. The van der Waals surface area contributed by atoms with Crippen LogP contribution < -0.4 is 4.90 Å². The van der Waals surface area contributed by atoms with Gasteiger partial charge in [0.05, 0.1) is 16.9 Å². The summed E-state index contributed by atoms with van der Waals surface area (Å²) in [6.45, 7) is 0. The molecule has 4 aromatic rings. The Hall–Kier alpha value is -3.71. The van der Waals surface area contributed by atoms with Crippen LogP contribution in [-0.2, 0) is 6.18 Å². The van der Waals surface area contributed by atoms with Gasteiger partial charge in [0.15, 0.2) is 0 Å². The lowest BCUT2D eigenvalue weighted by Gasteiger charge is -2.22. The zero-order valence-corrected chi connectivity index (χ0v) is 17.2. The van der Waals surface area contributed by atoms with Gasteiger partial charge in [-0.1, -0.05) is 41.9 Å². The molecular formula is C24H15ClF3N3O. The van der Waals surface area contributed by atoms with E-state index in [1.807, 2.05) is 0 Å². The number of carbonyl (C=O) groups excluding carboxylic acids is 1. The lowest BCUT2D eigenvalue weighted by Crippen LogP contribution is -2.28. The second-order valence-corrected chi connectivity index (χ2v) is 7.24. The monoisotopic (exact) mass is 453 g/mol. The van der Waals surface area contributed by atoms with Crippen molar-refractivity contribution >= 4 is 29.1 Å². The summed E-state index contributed by atoms with van der Waals surface area (Å²) >= 11 is 6.08. The Labute approximate surface area is 186 Å². The number of amides is 1. The van der Waals surface area contributed by atoms with Gasteiger partial charge in [-0.2, -0.15) is 13.2 Å². The molecule has 4 nitrogen and oxygen atoms in total. The molecule has 0 saturated heterocycles. The smallest absolute Gasteiger partial charge is 0.268 e. The molecule has 0 aliphatic rings. The fourth-order valence-electron chi connectivity index (χ4n) is 3.10. The van der Waals surface area contributed by atoms with Crippen molar-refractivity contribution in [3.05, 3.63) is 107 Å². The maximum absolute atomic E-state index is 13.3. The normalized spacial score (nSPS) is 11.2. The molecule has 1 heterocycles. The molecule has 0 atom stereocenters. The summed E-state index contributed by atoms with van der Waals surface area (Å²) < 4.78 is 39.1. The maximum Gasteiger partial charge on any atom is 0.416 e. The molecular weight excluding hydrogens is 439 g/mol. The van der Waals surface area contributed by atoms with Crippen LogP contribution in [0.2, 0.25) is 5.02 Å². The largest absolute Gasteiger partial charge is 0.416 e. The molecule has 0 aliphatic heterocycles. The van der Waals surface area contributed by atoms with Crippen LogP contribution in [0.3, 0.4) is 0 Å². The molecule has 0 aliphatic carbocycles. The van der Waals surface area contributed by atoms with Crippen molar-refractivity contribution in [1.82, 2.24) is 9.97 Å². The highest BCUT2D eigenvalue weighted by Gasteiger charge is 2.31. The first-order valence-corrected chi connectivity index (χ1v) is 9.86. The van der Waals surface area contributed by atoms with Crippen LogP contribution >= 0.6 is 11.6 Å². The van der Waals surface area contributed by atoms with Crippen molar-refractivity contribution in [2.24, 2.45) is 0 Å². The molecule has 8 heteroatoms. The van der Waals surface area contributed by atoms with E-state index in [0.29, 0.717) is 21.8 Å². The van der Waals surface area contributed by atoms with Crippen molar-refractivity contribution in [2.75, 3.05) is 4.90 Å². The second kappa shape index (κ2) is 8.80. The van der Waals surface area contributed by atoms with E-state index < -0.39 is 17.6 Å². The quantitative estimate of drug-likeness (QED) is 0.341. The third kappa shape index (κ3) is 4.63. The number of halogens is 4. The number of rotatable bonds is 4. The Balaban J connectivity index is 1.81. The summed E-state index contributed by atoms with van der Waals surface area (Å²) in [6, 6.07) is 21.3. The summed E-state index contributed by atoms with van der Waals surface area (Å²) in [5, 5.41) is 0.516. The van der Waals surface area contributed by atoms with Crippen molar-refractivity contribution < 1.29 is 18.0 Å². The summed E-state index contributed by atoms with van der Waals surface area (Å²) in [4.78, 5) is 23.2. The molecule has 160 valence electrons. The molecule has 1 amide bonds. The number of hydrogen-bond acceptors (Lipinski definition) is 3. The third-order valence-corrected chi connectivity index (χ3v) is 4.88. The Bertz CT molecular complexity index is 1250. The minimum Gasteiger partial charge on any atom is -0.268 e. The van der Waals surface area contributed by atoms with Crippen molar-refractivity contribution in [1.29, 1.82) is 0 Å². The van der Waals surface area contributed by atoms with Gasteiger partial charge < -0.3 is 0 Å². The summed E-state index contributed by atoms with van der Waals surface area (Å²) in [5.41, 5.74) is 0.942.